The van der Waals surface area contributed by atoms with Crippen LogP contribution in [0.15, 0.2) is 0 Å². The molecule has 0 radical (unpaired) electrons. The molecule has 1 aliphatic rings. The van der Waals surface area contributed by atoms with Crippen molar-refractivity contribution in [1.29, 1.82) is 0 Å². The number of Topliss-reactive ketones (excluding diaryl/α,β-unsaturated/α-hetero) is 1. The number of nitrogens with zero attached hydrogens (tertiary/aromatic N) is 1. The monoisotopic (exact) mass is 201 g/mol. The van der Waals surface area contributed by atoms with Gasteiger partial charge in [0.1, 0.15) is 6.61 Å². The standard InChI is InChI=1S/C10H19NO3/c1-9-6-11(4-3-5-14-9)7-10(12)8-13-2/h9H,3-8H2,1-2H3. The van der Waals surface area contributed by atoms with Crippen molar-refractivity contribution in [3.05, 3.63) is 0 Å². The second-order valence-electron chi connectivity index (χ2n) is 3.74. The van der Waals surface area contributed by atoms with Crippen LogP contribution < -0.4 is 0 Å². The molecule has 0 aromatic heterocycles. The summed E-state index contributed by atoms with van der Waals surface area (Å²) in [5.74, 6) is 0.140. The number of rotatable bonds is 4. The van der Waals surface area contributed by atoms with Crippen molar-refractivity contribution in [3.63, 3.8) is 0 Å². The lowest BCUT2D eigenvalue weighted by Crippen LogP contribution is -2.35. The van der Waals surface area contributed by atoms with E-state index in [1.165, 1.54) is 0 Å². The second kappa shape index (κ2) is 6.11. The Labute approximate surface area is 85.2 Å². The summed E-state index contributed by atoms with van der Waals surface area (Å²) >= 11 is 0. The van der Waals surface area contributed by atoms with Gasteiger partial charge in [-0.05, 0) is 13.3 Å². The Morgan fingerprint density at radius 1 is 1.64 bits per heavy atom. The van der Waals surface area contributed by atoms with Gasteiger partial charge in [-0.3, -0.25) is 9.69 Å². The fourth-order valence-electron chi connectivity index (χ4n) is 1.68. The smallest absolute Gasteiger partial charge is 0.172 e. The Morgan fingerprint density at radius 2 is 2.43 bits per heavy atom. The lowest BCUT2D eigenvalue weighted by Gasteiger charge is -2.20. The molecule has 1 heterocycles. The summed E-state index contributed by atoms with van der Waals surface area (Å²) in [5, 5.41) is 0. The summed E-state index contributed by atoms with van der Waals surface area (Å²) in [6.07, 6.45) is 1.23. The van der Waals surface area contributed by atoms with Gasteiger partial charge in [-0.2, -0.15) is 0 Å². The Kier molecular flexibility index (Phi) is 5.07. The number of hydrogen-bond acceptors (Lipinski definition) is 4. The van der Waals surface area contributed by atoms with E-state index in [4.69, 9.17) is 9.47 Å². The molecule has 1 atom stereocenters. The van der Waals surface area contributed by atoms with Crippen molar-refractivity contribution in [1.82, 2.24) is 4.90 Å². The van der Waals surface area contributed by atoms with Gasteiger partial charge in [-0.1, -0.05) is 0 Å². The van der Waals surface area contributed by atoms with Crippen LogP contribution in [0.4, 0.5) is 0 Å². The van der Waals surface area contributed by atoms with Crippen molar-refractivity contribution in [2.45, 2.75) is 19.4 Å². The van der Waals surface area contributed by atoms with E-state index in [0.29, 0.717) is 6.54 Å². The van der Waals surface area contributed by atoms with Gasteiger partial charge in [0.15, 0.2) is 5.78 Å². The van der Waals surface area contributed by atoms with Gasteiger partial charge in [0.2, 0.25) is 0 Å². The summed E-state index contributed by atoms with van der Waals surface area (Å²) < 4.78 is 10.3. The average molecular weight is 201 g/mol. The van der Waals surface area contributed by atoms with Gasteiger partial charge in [0.25, 0.3) is 0 Å². The van der Waals surface area contributed by atoms with Crippen LogP contribution in [0.5, 0.6) is 0 Å². The predicted molar refractivity (Wildman–Crippen MR) is 53.4 cm³/mol. The van der Waals surface area contributed by atoms with Crippen LogP contribution in [0.25, 0.3) is 0 Å². The van der Waals surface area contributed by atoms with E-state index in [1.54, 1.807) is 7.11 Å². The number of carbonyl (C=O) groups is 1. The molecule has 0 aromatic rings. The van der Waals surface area contributed by atoms with Gasteiger partial charge in [0, 0.05) is 26.8 Å². The Morgan fingerprint density at radius 3 is 3.14 bits per heavy atom. The molecule has 1 aliphatic heterocycles. The van der Waals surface area contributed by atoms with Crippen molar-refractivity contribution in [2.24, 2.45) is 0 Å². The van der Waals surface area contributed by atoms with E-state index in [1.807, 2.05) is 6.92 Å². The fourth-order valence-corrected chi connectivity index (χ4v) is 1.68. The minimum Gasteiger partial charge on any atom is -0.377 e. The van der Waals surface area contributed by atoms with E-state index in [9.17, 15) is 4.79 Å². The van der Waals surface area contributed by atoms with E-state index in [0.717, 1.165) is 26.1 Å². The van der Waals surface area contributed by atoms with Gasteiger partial charge >= 0.3 is 0 Å². The molecule has 0 N–H and O–H groups in total. The fraction of sp³-hybridized carbons (Fsp3) is 0.900. The molecular weight excluding hydrogens is 182 g/mol. The van der Waals surface area contributed by atoms with E-state index in [-0.39, 0.29) is 18.5 Å². The molecular formula is C10H19NO3. The Bertz CT molecular complexity index is 184. The molecule has 1 fully saturated rings. The summed E-state index contributed by atoms with van der Waals surface area (Å²) in [6, 6.07) is 0. The average Bonchev–Trinajstić information content (AvgIpc) is 2.30. The van der Waals surface area contributed by atoms with Crippen LogP contribution in [-0.2, 0) is 14.3 Å². The number of carbonyl (C=O) groups excluding carboxylic acids is 1. The lowest BCUT2D eigenvalue weighted by atomic mass is 10.3. The summed E-state index contributed by atoms with van der Waals surface area (Å²) in [4.78, 5) is 13.5. The zero-order chi connectivity index (χ0) is 10.4. The van der Waals surface area contributed by atoms with Crippen LogP contribution in [0.1, 0.15) is 13.3 Å². The van der Waals surface area contributed by atoms with Crippen LogP contribution in [0.2, 0.25) is 0 Å². The molecule has 4 heteroatoms. The first kappa shape index (κ1) is 11.6. The second-order valence-corrected chi connectivity index (χ2v) is 3.74. The Balaban J connectivity index is 2.31. The molecule has 1 rings (SSSR count). The topological polar surface area (TPSA) is 38.8 Å². The third-order valence-electron chi connectivity index (χ3n) is 2.24. The minimum absolute atomic E-state index is 0.140. The summed E-state index contributed by atoms with van der Waals surface area (Å²) in [6.45, 7) is 5.33. The molecule has 0 bridgehead atoms. The minimum atomic E-state index is 0.140. The first-order valence-electron chi connectivity index (χ1n) is 5.07. The highest BCUT2D eigenvalue weighted by Gasteiger charge is 2.16. The van der Waals surface area contributed by atoms with Crippen molar-refractivity contribution >= 4 is 5.78 Å². The first-order chi connectivity index (χ1) is 6.72. The van der Waals surface area contributed by atoms with Crippen LogP contribution >= 0.6 is 0 Å². The largest absolute Gasteiger partial charge is 0.377 e. The van der Waals surface area contributed by atoms with Gasteiger partial charge in [0.05, 0.1) is 12.6 Å². The van der Waals surface area contributed by atoms with E-state index >= 15 is 0 Å². The molecule has 4 nitrogen and oxygen atoms in total. The first-order valence-corrected chi connectivity index (χ1v) is 5.07. The molecule has 0 spiro atoms. The number of methoxy groups -OCH3 is 1. The lowest BCUT2D eigenvalue weighted by molar-refractivity contribution is -0.123. The molecule has 0 amide bonds. The molecule has 14 heavy (non-hydrogen) atoms. The van der Waals surface area contributed by atoms with E-state index in [2.05, 4.69) is 4.90 Å². The highest BCUT2D eigenvalue weighted by atomic mass is 16.5. The van der Waals surface area contributed by atoms with Gasteiger partial charge in [-0.15, -0.1) is 0 Å². The predicted octanol–water partition coefficient (Wildman–Crippen LogP) is 0.313. The zero-order valence-electron chi connectivity index (χ0n) is 8.99. The Hall–Kier alpha value is -0.450. The number of ketones is 1. The van der Waals surface area contributed by atoms with Crippen molar-refractivity contribution in [3.8, 4) is 0 Å². The van der Waals surface area contributed by atoms with Gasteiger partial charge in [-0.25, -0.2) is 0 Å². The van der Waals surface area contributed by atoms with Crippen molar-refractivity contribution < 1.29 is 14.3 Å². The SMILES string of the molecule is COCC(=O)CN1CCCOC(C)C1. The van der Waals surface area contributed by atoms with Crippen LogP contribution in [-0.4, -0.2) is 56.7 Å². The maximum absolute atomic E-state index is 11.3. The molecule has 1 unspecified atom stereocenters. The maximum atomic E-state index is 11.3. The normalized spacial score (nSPS) is 24.6. The highest BCUT2D eigenvalue weighted by Crippen LogP contribution is 2.04. The molecule has 1 saturated heterocycles. The summed E-state index contributed by atoms with van der Waals surface area (Å²) in [7, 11) is 1.55. The maximum Gasteiger partial charge on any atom is 0.172 e. The van der Waals surface area contributed by atoms with E-state index < -0.39 is 0 Å². The quantitative estimate of drug-likeness (QED) is 0.656. The molecule has 82 valence electrons. The van der Waals surface area contributed by atoms with Crippen LogP contribution in [0.3, 0.4) is 0 Å². The highest BCUT2D eigenvalue weighted by molar-refractivity contribution is 5.81. The zero-order valence-corrected chi connectivity index (χ0v) is 8.99. The third kappa shape index (κ3) is 4.17. The third-order valence-corrected chi connectivity index (χ3v) is 2.24. The molecule has 0 aromatic carbocycles. The molecule has 0 aliphatic carbocycles. The van der Waals surface area contributed by atoms with Gasteiger partial charge < -0.3 is 9.47 Å². The number of hydrogen-bond donors (Lipinski definition) is 0. The van der Waals surface area contributed by atoms with Crippen LogP contribution in [0, 0.1) is 0 Å². The molecule has 0 saturated carbocycles. The number of ether oxygens (including phenoxy) is 2. The van der Waals surface area contributed by atoms with Crippen molar-refractivity contribution in [2.75, 3.05) is 40.0 Å². The summed E-state index contributed by atoms with van der Waals surface area (Å²) in [5.41, 5.74) is 0.